The first-order chi connectivity index (χ1) is 22.1. The molecule has 0 aliphatic carbocycles. The lowest BCUT2D eigenvalue weighted by Gasteiger charge is -2.15. The number of alkyl halides is 2. The first-order valence-electron chi connectivity index (χ1n) is 14.8. The molecule has 6 aromatic rings. The van der Waals surface area contributed by atoms with Crippen molar-refractivity contribution in [3.05, 3.63) is 72.3 Å². The number of likely N-dealkylation sites (tertiary alicyclic amines) is 1. The predicted molar refractivity (Wildman–Crippen MR) is 167 cm³/mol. The van der Waals surface area contributed by atoms with Gasteiger partial charge in [-0.25, -0.2) is 27.5 Å². The number of hydrogen-bond acceptors (Lipinski definition) is 8. The smallest absolute Gasteiger partial charge is 0.261 e. The van der Waals surface area contributed by atoms with Gasteiger partial charge in [-0.3, -0.25) is 20.0 Å². The van der Waals surface area contributed by atoms with Crippen LogP contribution in [0.5, 0.6) is 0 Å². The van der Waals surface area contributed by atoms with Crippen molar-refractivity contribution in [2.45, 2.75) is 18.9 Å². The first kappa shape index (κ1) is 29.7. The molecule has 7 rings (SSSR count). The second-order valence-electron chi connectivity index (χ2n) is 11.8. The average Bonchev–Trinajstić information content (AvgIpc) is 3.73. The molecule has 1 aromatic carbocycles. The fourth-order valence-electron chi connectivity index (χ4n) is 5.76. The van der Waals surface area contributed by atoms with E-state index in [1.807, 2.05) is 25.1 Å². The summed E-state index contributed by atoms with van der Waals surface area (Å²) in [5.74, 6) is -3.41. The van der Waals surface area contributed by atoms with Gasteiger partial charge in [0.1, 0.15) is 22.8 Å². The fraction of sp³-hybridized carbons (Fsp3) is 0.281. The molecular weight excluding hydrogens is 600 g/mol. The molecule has 3 N–H and O–H groups in total. The number of fused-ring (bicyclic) bond motifs is 2. The van der Waals surface area contributed by atoms with E-state index in [1.54, 1.807) is 29.4 Å². The molecule has 46 heavy (non-hydrogen) atoms. The highest BCUT2D eigenvalue weighted by Crippen LogP contribution is 2.35. The molecule has 236 valence electrons. The number of H-pyrrole nitrogens is 2. The molecule has 1 saturated heterocycles. The Balaban J connectivity index is 1.23. The zero-order valence-corrected chi connectivity index (χ0v) is 25.1. The van der Waals surface area contributed by atoms with Gasteiger partial charge in [-0.1, -0.05) is 0 Å². The largest absolute Gasteiger partial charge is 0.384 e. The number of halogens is 4. The Bertz CT molecular complexity index is 2050. The van der Waals surface area contributed by atoms with Crippen LogP contribution >= 0.6 is 0 Å². The minimum atomic E-state index is -2.71. The molecule has 0 radical (unpaired) electrons. The number of imidazole rings is 1. The van der Waals surface area contributed by atoms with Crippen molar-refractivity contribution in [3.8, 4) is 33.9 Å². The number of hydrogen-bond donors (Lipinski definition) is 3. The maximum Gasteiger partial charge on any atom is 0.261 e. The van der Waals surface area contributed by atoms with Gasteiger partial charge in [0, 0.05) is 79.8 Å². The molecule has 0 amide bonds. The molecule has 0 spiro atoms. The van der Waals surface area contributed by atoms with Crippen LogP contribution in [0.4, 0.5) is 23.2 Å². The van der Waals surface area contributed by atoms with E-state index >= 15 is 4.39 Å². The number of aromatic amines is 2. The Morgan fingerprint density at radius 2 is 1.91 bits per heavy atom. The molecule has 0 bridgehead atoms. The second-order valence-corrected chi connectivity index (χ2v) is 11.8. The monoisotopic (exact) mass is 630 g/mol. The van der Waals surface area contributed by atoms with Gasteiger partial charge in [0.05, 0.1) is 23.1 Å². The molecule has 14 heteroatoms. The van der Waals surface area contributed by atoms with Crippen LogP contribution in [0.2, 0.25) is 0 Å². The van der Waals surface area contributed by atoms with E-state index in [4.69, 9.17) is 4.98 Å². The summed E-state index contributed by atoms with van der Waals surface area (Å²) in [7, 11) is 3.92. The second kappa shape index (κ2) is 11.8. The molecule has 6 heterocycles. The number of pyridine rings is 3. The third-order valence-electron chi connectivity index (χ3n) is 7.98. The van der Waals surface area contributed by atoms with E-state index in [-0.39, 0.29) is 48.3 Å². The molecule has 0 atom stereocenters. The van der Waals surface area contributed by atoms with Crippen molar-refractivity contribution in [3.63, 3.8) is 0 Å². The Morgan fingerprint density at radius 3 is 2.72 bits per heavy atom. The average molecular weight is 631 g/mol. The lowest BCUT2D eigenvalue weighted by molar-refractivity contribution is 0.0115. The van der Waals surface area contributed by atoms with Crippen molar-refractivity contribution < 1.29 is 17.6 Å². The van der Waals surface area contributed by atoms with Crippen molar-refractivity contribution in [1.29, 1.82) is 0 Å². The topological polar surface area (TPSA) is 115 Å². The molecule has 1 fully saturated rings. The molecule has 5 aromatic heterocycles. The number of anilines is 1. The van der Waals surface area contributed by atoms with Crippen molar-refractivity contribution in [2.75, 3.05) is 45.6 Å². The van der Waals surface area contributed by atoms with E-state index < -0.39 is 17.6 Å². The summed E-state index contributed by atoms with van der Waals surface area (Å²) in [4.78, 5) is 24.7. The maximum atomic E-state index is 16.3. The van der Waals surface area contributed by atoms with Gasteiger partial charge in [-0.15, -0.1) is 0 Å². The quantitative estimate of drug-likeness (QED) is 0.174. The third-order valence-corrected chi connectivity index (χ3v) is 7.98. The van der Waals surface area contributed by atoms with Crippen LogP contribution in [-0.4, -0.2) is 91.1 Å². The van der Waals surface area contributed by atoms with Crippen molar-refractivity contribution >= 4 is 27.8 Å². The summed E-state index contributed by atoms with van der Waals surface area (Å²) >= 11 is 0. The zero-order valence-electron chi connectivity index (χ0n) is 25.1. The lowest BCUT2D eigenvalue weighted by Crippen LogP contribution is -2.24. The first-order valence-corrected chi connectivity index (χ1v) is 14.8. The molecule has 1 aliphatic rings. The Morgan fingerprint density at radius 1 is 1.04 bits per heavy atom. The SMILES string of the molecule is CN(C)CCNc1cc(F)cc(-c2nccc3[nH]c(-c4[nH]nc5ncc(-c6cncc(CN7CCC(F)(F)C7)c6)c(F)c45)nc23)c1. The van der Waals surface area contributed by atoms with Crippen LogP contribution in [0.15, 0.2) is 55.1 Å². The van der Waals surface area contributed by atoms with Crippen LogP contribution in [0, 0.1) is 11.6 Å². The van der Waals surface area contributed by atoms with Gasteiger partial charge < -0.3 is 15.2 Å². The standard InChI is InChI=1S/C32H30F4N10/c1-45(2)8-6-38-22-11-19(10-21(33)12-22)27-28-24(3-5-39-27)41-31(42-28)29-25-26(34)23(15-40-30(25)44-43-29)20-9-18(13-37-14-20)16-46-7-4-32(35,36)17-46/h3,5,9-15,38H,4,6-8,16-17H2,1-2H3,(H,41,42)(H,40,43,44). The van der Waals surface area contributed by atoms with E-state index in [9.17, 15) is 13.2 Å². The van der Waals surface area contributed by atoms with Crippen LogP contribution < -0.4 is 5.32 Å². The van der Waals surface area contributed by atoms with Gasteiger partial charge in [0.15, 0.2) is 11.5 Å². The minimum Gasteiger partial charge on any atom is -0.384 e. The number of likely N-dealkylation sites (N-methyl/N-ethyl adjacent to an activating group) is 1. The van der Waals surface area contributed by atoms with E-state index in [1.165, 1.54) is 24.5 Å². The molecular formula is C32H30F4N10. The minimum absolute atomic E-state index is 0.119. The summed E-state index contributed by atoms with van der Waals surface area (Å²) in [6.07, 6.45) is 5.89. The number of benzene rings is 1. The molecule has 0 unspecified atom stereocenters. The number of nitrogens with zero attached hydrogens (tertiary/aromatic N) is 7. The van der Waals surface area contributed by atoms with Gasteiger partial charge in [-0.2, -0.15) is 5.10 Å². The van der Waals surface area contributed by atoms with Crippen LogP contribution in [0.25, 0.3) is 56.0 Å². The maximum absolute atomic E-state index is 16.3. The summed E-state index contributed by atoms with van der Waals surface area (Å²) in [5, 5.41) is 10.4. The number of rotatable bonds is 9. The summed E-state index contributed by atoms with van der Waals surface area (Å²) in [5.41, 5.74) is 4.44. The lowest BCUT2D eigenvalue weighted by atomic mass is 10.0. The van der Waals surface area contributed by atoms with Gasteiger partial charge >= 0.3 is 0 Å². The van der Waals surface area contributed by atoms with Crippen LogP contribution in [-0.2, 0) is 6.54 Å². The summed E-state index contributed by atoms with van der Waals surface area (Å²) in [6, 6.07) is 8.10. The van der Waals surface area contributed by atoms with Gasteiger partial charge in [0.2, 0.25) is 0 Å². The number of nitrogens with one attached hydrogen (secondary N) is 3. The van der Waals surface area contributed by atoms with E-state index in [2.05, 4.69) is 35.5 Å². The van der Waals surface area contributed by atoms with Gasteiger partial charge in [0.25, 0.3) is 5.92 Å². The molecule has 10 nitrogen and oxygen atoms in total. The normalized spacial score (nSPS) is 15.0. The van der Waals surface area contributed by atoms with Crippen LogP contribution in [0.3, 0.4) is 0 Å². The third kappa shape index (κ3) is 5.88. The van der Waals surface area contributed by atoms with E-state index in [0.717, 1.165) is 6.54 Å². The van der Waals surface area contributed by atoms with Crippen LogP contribution in [0.1, 0.15) is 12.0 Å². The molecule has 1 aliphatic heterocycles. The molecule has 0 saturated carbocycles. The predicted octanol–water partition coefficient (Wildman–Crippen LogP) is 5.72. The number of aromatic nitrogens is 7. The van der Waals surface area contributed by atoms with Crippen molar-refractivity contribution in [1.82, 2.24) is 44.9 Å². The fourth-order valence-corrected chi connectivity index (χ4v) is 5.76. The Kier molecular flexibility index (Phi) is 7.61. The summed E-state index contributed by atoms with van der Waals surface area (Å²) in [6.45, 7) is 1.64. The van der Waals surface area contributed by atoms with Crippen molar-refractivity contribution in [2.24, 2.45) is 0 Å². The van der Waals surface area contributed by atoms with Gasteiger partial charge in [-0.05, 0) is 50.0 Å². The Hall–Kier alpha value is -4.95. The summed E-state index contributed by atoms with van der Waals surface area (Å²) < 4.78 is 58.4. The van der Waals surface area contributed by atoms with E-state index in [0.29, 0.717) is 51.5 Å². The zero-order chi connectivity index (χ0) is 32.0. The Labute approximate surface area is 260 Å². The highest BCUT2D eigenvalue weighted by molar-refractivity contribution is 5.96. The highest BCUT2D eigenvalue weighted by Gasteiger charge is 2.38. The highest BCUT2D eigenvalue weighted by atomic mass is 19.3.